The first-order valence-electron chi connectivity index (χ1n) is 8.51. The third kappa shape index (κ3) is 6.14. The SMILES string of the molecule is CN(CCOC(=O)C(C)(C)C)c1cccc(OCc2ccccc2)c1. The summed E-state index contributed by atoms with van der Waals surface area (Å²) in [5, 5.41) is 0. The van der Waals surface area contributed by atoms with E-state index in [1.165, 1.54) is 0 Å². The van der Waals surface area contributed by atoms with Crippen LogP contribution in [0.3, 0.4) is 0 Å². The van der Waals surface area contributed by atoms with Crippen LogP contribution in [0.15, 0.2) is 54.6 Å². The van der Waals surface area contributed by atoms with Gasteiger partial charge < -0.3 is 14.4 Å². The summed E-state index contributed by atoms with van der Waals surface area (Å²) in [7, 11) is 1.97. The zero-order valence-electron chi connectivity index (χ0n) is 15.5. The summed E-state index contributed by atoms with van der Waals surface area (Å²) >= 11 is 0. The molecule has 4 heteroatoms. The molecule has 0 fully saturated rings. The van der Waals surface area contributed by atoms with Crippen LogP contribution in [0.2, 0.25) is 0 Å². The number of hydrogen-bond acceptors (Lipinski definition) is 4. The molecule has 2 aromatic rings. The fourth-order valence-corrected chi connectivity index (χ4v) is 2.17. The Balaban J connectivity index is 1.86. The number of hydrogen-bond donors (Lipinski definition) is 0. The highest BCUT2D eigenvalue weighted by Crippen LogP contribution is 2.21. The van der Waals surface area contributed by atoms with Gasteiger partial charge in [0, 0.05) is 18.8 Å². The molecule has 0 N–H and O–H groups in total. The lowest BCUT2D eigenvalue weighted by Crippen LogP contribution is -2.28. The maximum Gasteiger partial charge on any atom is 0.311 e. The van der Waals surface area contributed by atoms with Gasteiger partial charge in [-0.05, 0) is 38.5 Å². The number of likely N-dealkylation sites (N-methyl/N-ethyl adjacent to an activating group) is 1. The number of nitrogens with zero attached hydrogens (tertiary/aromatic N) is 1. The lowest BCUT2D eigenvalue weighted by atomic mass is 9.97. The summed E-state index contributed by atoms with van der Waals surface area (Å²) in [6.45, 7) is 7.09. The lowest BCUT2D eigenvalue weighted by Gasteiger charge is -2.22. The molecule has 2 aromatic carbocycles. The Bertz CT molecular complexity index is 677. The highest BCUT2D eigenvalue weighted by molar-refractivity contribution is 5.75. The largest absolute Gasteiger partial charge is 0.489 e. The van der Waals surface area contributed by atoms with Gasteiger partial charge in [0.15, 0.2) is 0 Å². The van der Waals surface area contributed by atoms with Crippen molar-refractivity contribution in [2.75, 3.05) is 25.1 Å². The molecule has 0 saturated carbocycles. The van der Waals surface area contributed by atoms with E-state index in [4.69, 9.17) is 9.47 Å². The second-order valence-electron chi connectivity index (χ2n) is 7.08. The summed E-state index contributed by atoms with van der Waals surface area (Å²) in [6.07, 6.45) is 0. The molecule has 0 aliphatic heterocycles. The fourth-order valence-electron chi connectivity index (χ4n) is 2.17. The van der Waals surface area contributed by atoms with E-state index in [0.29, 0.717) is 19.8 Å². The first-order chi connectivity index (χ1) is 11.9. The molecule has 0 heterocycles. The van der Waals surface area contributed by atoms with Crippen molar-refractivity contribution in [2.45, 2.75) is 27.4 Å². The van der Waals surface area contributed by atoms with Crippen LogP contribution in [0, 0.1) is 5.41 Å². The zero-order chi connectivity index (χ0) is 18.3. The smallest absolute Gasteiger partial charge is 0.311 e. The summed E-state index contributed by atoms with van der Waals surface area (Å²) in [4.78, 5) is 13.8. The second-order valence-corrected chi connectivity index (χ2v) is 7.08. The zero-order valence-corrected chi connectivity index (χ0v) is 15.5. The van der Waals surface area contributed by atoms with Gasteiger partial charge in [0.2, 0.25) is 0 Å². The van der Waals surface area contributed by atoms with Gasteiger partial charge in [-0.2, -0.15) is 0 Å². The van der Waals surface area contributed by atoms with E-state index in [1.807, 2.05) is 87.3 Å². The van der Waals surface area contributed by atoms with Crippen molar-refractivity contribution in [3.05, 3.63) is 60.2 Å². The van der Waals surface area contributed by atoms with Gasteiger partial charge in [-0.1, -0.05) is 36.4 Å². The number of ether oxygens (including phenoxy) is 2. The van der Waals surface area contributed by atoms with Crippen molar-refractivity contribution in [1.82, 2.24) is 0 Å². The van der Waals surface area contributed by atoms with Crippen LogP contribution in [0.5, 0.6) is 5.75 Å². The number of carbonyl (C=O) groups excluding carboxylic acids is 1. The monoisotopic (exact) mass is 341 g/mol. The molecule has 4 nitrogen and oxygen atoms in total. The highest BCUT2D eigenvalue weighted by Gasteiger charge is 2.22. The Morgan fingerprint density at radius 3 is 2.44 bits per heavy atom. The van der Waals surface area contributed by atoms with Crippen molar-refractivity contribution < 1.29 is 14.3 Å². The standard InChI is InChI=1S/C21H27NO3/c1-21(2,3)20(23)24-14-13-22(4)18-11-8-12-19(15-18)25-16-17-9-6-5-7-10-17/h5-12,15H,13-14,16H2,1-4H3. The molecule has 0 bridgehead atoms. The Labute approximate surface area is 150 Å². The van der Waals surface area contributed by atoms with E-state index in [0.717, 1.165) is 17.0 Å². The van der Waals surface area contributed by atoms with Crippen LogP contribution < -0.4 is 9.64 Å². The molecule has 0 amide bonds. The lowest BCUT2D eigenvalue weighted by molar-refractivity contribution is -0.152. The molecule has 0 aliphatic rings. The first-order valence-corrected chi connectivity index (χ1v) is 8.51. The molecule has 25 heavy (non-hydrogen) atoms. The van der Waals surface area contributed by atoms with E-state index in [-0.39, 0.29) is 5.97 Å². The first kappa shape index (κ1) is 18.8. The summed E-state index contributed by atoms with van der Waals surface area (Å²) < 4.78 is 11.2. The molecule has 0 unspecified atom stereocenters. The molecule has 2 rings (SSSR count). The maximum atomic E-state index is 11.8. The average Bonchev–Trinajstić information content (AvgIpc) is 2.60. The number of rotatable bonds is 7. The molecule has 0 spiro atoms. The Morgan fingerprint density at radius 1 is 1.04 bits per heavy atom. The predicted molar refractivity (Wildman–Crippen MR) is 101 cm³/mol. The van der Waals surface area contributed by atoms with Gasteiger partial charge in [-0.3, -0.25) is 4.79 Å². The highest BCUT2D eigenvalue weighted by atomic mass is 16.5. The molecule has 0 saturated heterocycles. The van der Waals surface area contributed by atoms with Gasteiger partial charge in [-0.25, -0.2) is 0 Å². The van der Waals surface area contributed by atoms with E-state index in [1.54, 1.807) is 0 Å². The Morgan fingerprint density at radius 2 is 1.76 bits per heavy atom. The average molecular weight is 341 g/mol. The molecule has 0 radical (unpaired) electrons. The van der Waals surface area contributed by atoms with Crippen LogP contribution in [0.25, 0.3) is 0 Å². The molecular weight excluding hydrogens is 314 g/mol. The van der Waals surface area contributed by atoms with Gasteiger partial charge >= 0.3 is 5.97 Å². The molecular formula is C21H27NO3. The Kier molecular flexibility index (Phi) is 6.45. The van der Waals surface area contributed by atoms with Crippen LogP contribution in [-0.2, 0) is 16.1 Å². The van der Waals surface area contributed by atoms with E-state index in [9.17, 15) is 4.79 Å². The van der Waals surface area contributed by atoms with Crippen LogP contribution >= 0.6 is 0 Å². The van der Waals surface area contributed by atoms with Gasteiger partial charge in [-0.15, -0.1) is 0 Å². The van der Waals surface area contributed by atoms with Crippen LogP contribution in [-0.4, -0.2) is 26.2 Å². The molecule has 134 valence electrons. The molecule has 0 aromatic heterocycles. The fraction of sp³-hybridized carbons (Fsp3) is 0.381. The minimum absolute atomic E-state index is 0.180. The van der Waals surface area contributed by atoms with E-state index < -0.39 is 5.41 Å². The number of anilines is 1. The summed E-state index contributed by atoms with van der Waals surface area (Å²) in [5.41, 5.74) is 1.69. The second kappa shape index (κ2) is 8.56. The third-order valence-electron chi connectivity index (χ3n) is 3.78. The van der Waals surface area contributed by atoms with E-state index >= 15 is 0 Å². The number of esters is 1. The number of carbonyl (C=O) groups is 1. The summed E-state index contributed by atoms with van der Waals surface area (Å²) in [5.74, 6) is 0.640. The normalized spacial score (nSPS) is 11.0. The van der Waals surface area contributed by atoms with Crippen molar-refractivity contribution in [3.63, 3.8) is 0 Å². The molecule has 0 atom stereocenters. The summed E-state index contributed by atoms with van der Waals surface area (Å²) in [6, 6.07) is 18.0. The van der Waals surface area contributed by atoms with Crippen molar-refractivity contribution in [1.29, 1.82) is 0 Å². The minimum Gasteiger partial charge on any atom is -0.489 e. The molecule has 0 aliphatic carbocycles. The maximum absolute atomic E-state index is 11.8. The van der Waals surface area contributed by atoms with Gasteiger partial charge in [0.05, 0.1) is 12.0 Å². The quantitative estimate of drug-likeness (QED) is 0.704. The van der Waals surface area contributed by atoms with Gasteiger partial charge in [0.25, 0.3) is 0 Å². The topological polar surface area (TPSA) is 38.8 Å². The van der Waals surface area contributed by atoms with Crippen molar-refractivity contribution in [2.24, 2.45) is 5.41 Å². The van der Waals surface area contributed by atoms with Crippen LogP contribution in [0.1, 0.15) is 26.3 Å². The van der Waals surface area contributed by atoms with Gasteiger partial charge in [0.1, 0.15) is 19.0 Å². The Hall–Kier alpha value is -2.49. The van der Waals surface area contributed by atoms with Crippen molar-refractivity contribution >= 4 is 11.7 Å². The van der Waals surface area contributed by atoms with E-state index in [2.05, 4.69) is 0 Å². The third-order valence-corrected chi connectivity index (χ3v) is 3.78. The minimum atomic E-state index is -0.468. The van der Waals surface area contributed by atoms with Crippen molar-refractivity contribution in [3.8, 4) is 5.75 Å². The number of benzene rings is 2. The van der Waals surface area contributed by atoms with Crippen LogP contribution in [0.4, 0.5) is 5.69 Å². The predicted octanol–water partition coefficient (Wildman–Crippen LogP) is 4.29.